The number of nitrogens with two attached hydrogens (primary N) is 2. The van der Waals surface area contributed by atoms with Gasteiger partial charge in [0, 0.05) is 29.0 Å². The summed E-state index contributed by atoms with van der Waals surface area (Å²) >= 11 is 0. The number of hydrazine groups is 1. The summed E-state index contributed by atoms with van der Waals surface area (Å²) in [4.78, 5) is 21.1. The maximum atomic E-state index is 12.0. The fourth-order valence-corrected chi connectivity index (χ4v) is 3.72. The van der Waals surface area contributed by atoms with Crippen molar-refractivity contribution in [3.63, 3.8) is 0 Å². The summed E-state index contributed by atoms with van der Waals surface area (Å²) in [7, 11) is 0. The lowest BCUT2D eigenvalue weighted by Gasteiger charge is -2.16. The van der Waals surface area contributed by atoms with Gasteiger partial charge in [-0.15, -0.1) is 0 Å². The molecule has 13 heteroatoms. The lowest BCUT2D eigenvalue weighted by Crippen LogP contribution is -2.33. The number of hydrogen-bond acceptors (Lipinski definition) is 8. The van der Waals surface area contributed by atoms with Crippen molar-refractivity contribution >= 4 is 34.9 Å². The van der Waals surface area contributed by atoms with Crippen LogP contribution in [0, 0.1) is 0 Å². The highest BCUT2D eigenvalue weighted by Gasteiger charge is 2.07. The average molecular weight is 601 g/mol. The largest absolute Gasteiger partial charge is 0.377 e. The van der Waals surface area contributed by atoms with Gasteiger partial charge in [0.05, 0.1) is 33.0 Å². The lowest BCUT2D eigenvalue weighted by atomic mass is 10.2. The molecule has 0 atom stereocenters. The van der Waals surface area contributed by atoms with Crippen molar-refractivity contribution in [1.82, 2.24) is 16.1 Å². The van der Waals surface area contributed by atoms with E-state index in [-0.39, 0.29) is 5.91 Å². The molecule has 0 saturated heterocycles. The highest BCUT2D eigenvalue weighted by atomic mass is 16.5. The second-order valence-electron chi connectivity index (χ2n) is 9.15. The van der Waals surface area contributed by atoms with E-state index < -0.39 is 0 Å². The van der Waals surface area contributed by atoms with E-state index in [1.54, 1.807) is 19.1 Å². The molecular formula is C31H40N10O3. The van der Waals surface area contributed by atoms with Gasteiger partial charge in [0.1, 0.15) is 11.7 Å². The van der Waals surface area contributed by atoms with Crippen molar-refractivity contribution in [3.05, 3.63) is 108 Å². The molecule has 44 heavy (non-hydrogen) atoms. The number of nitrogens with zero attached hydrogens (tertiary/aromatic N) is 3. The van der Waals surface area contributed by atoms with Gasteiger partial charge in [0.2, 0.25) is 5.96 Å². The molecule has 3 aromatic rings. The van der Waals surface area contributed by atoms with Crippen LogP contribution in [0.1, 0.15) is 22.8 Å². The van der Waals surface area contributed by atoms with Crippen molar-refractivity contribution in [1.29, 1.82) is 0 Å². The number of benzene rings is 3. The van der Waals surface area contributed by atoms with Gasteiger partial charge in [0.15, 0.2) is 5.84 Å². The fraction of sp³-hybridized carbons (Fsp3) is 0.226. The number of carbonyl (C=O) groups excluding carboxylic acids is 1. The number of hydrazone groups is 1. The molecule has 0 aliphatic heterocycles. The van der Waals surface area contributed by atoms with Gasteiger partial charge in [-0.1, -0.05) is 43.0 Å². The van der Waals surface area contributed by atoms with Gasteiger partial charge >= 0.3 is 0 Å². The maximum absolute atomic E-state index is 12.0. The van der Waals surface area contributed by atoms with Crippen LogP contribution >= 0.6 is 0 Å². The van der Waals surface area contributed by atoms with E-state index in [1.165, 1.54) is 0 Å². The molecule has 0 aliphatic rings. The highest BCUT2D eigenvalue weighted by molar-refractivity contribution is 6.03. The number of para-hydroxylation sites is 1. The zero-order chi connectivity index (χ0) is 31.4. The van der Waals surface area contributed by atoms with Crippen molar-refractivity contribution in [2.24, 2.45) is 26.8 Å². The molecule has 0 saturated carbocycles. The quantitative estimate of drug-likeness (QED) is 0.0453. The Labute approximate surface area is 257 Å². The molecule has 0 heterocycles. The smallest absolute Gasteiger partial charge is 0.251 e. The number of rotatable bonds is 15. The van der Waals surface area contributed by atoms with Crippen molar-refractivity contribution in [2.75, 3.05) is 50.2 Å². The zero-order valence-corrected chi connectivity index (χ0v) is 24.8. The predicted molar refractivity (Wildman–Crippen MR) is 176 cm³/mol. The van der Waals surface area contributed by atoms with E-state index in [4.69, 9.17) is 21.2 Å². The van der Waals surface area contributed by atoms with Crippen LogP contribution in [0.15, 0.2) is 112 Å². The minimum atomic E-state index is -0.124. The van der Waals surface area contributed by atoms with Crippen LogP contribution in [0.4, 0.5) is 11.4 Å². The Hall–Kier alpha value is -5.24. The standard InChI is InChI=1S/C31H40N10O3/c1-23(34-17-19-43-21-22-44-20-18-35-30(42)26-9-5-3-6-10-26)37-31(38-24(2)36-27-11-7-4-8-12-27)39-28-15-13-25(14-16-28)29(40-32)41-33/h3-16,36H,2,17-22,32-33H2,1H3,(H,35,42)(H,40,41)(H2,34,37,38,39). The molecule has 0 bridgehead atoms. The Kier molecular flexibility index (Phi) is 14.4. The number of aliphatic imine (C=N–C) groups is 2. The molecule has 232 valence electrons. The van der Waals surface area contributed by atoms with E-state index in [0.717, 1.165) is 16.9 Å². The van der Waals surface area contributed by atoms with Crippen molar-refractivity contribution in [3.8, 4) is 0 Å². The molecule has 0 aromatic heterocycles. The molecular weight excluding hydrogens is 560 g/mol. The van der Waals surface area contributed by atoms with E-state index in [2.05, 4.69) is 48.4 Å². The van der Waals surface area contributed by atoms with Crippen LogP contribution in [-0.2, 0) is 9.47 Å². The van der Waals surface area contributed by atoms with Crippen LogP contribution in [0.2, 0.25) is 0 Å². The zero-order valence-electron chi connectivity index (χ0n) is 24.8. The summed E-state index contributed by atoms with van der Waals surface area (Å²) in [5.74, 6) is 12.5. The Morgan fingerprint density at radius 2 is 1.45 bits per heavy atom. The Bertz CT molecular complexity index is 1400. The third kappa shape index (κ3) is 12.3. The molecule has 1 amide bonds. The molecule has 0 spiro atoms. The number of amides is 1. The first kappa shape index (κ1) is 33.3. The molecule has 0 radical (unpaired) electrons. The van der Waals surface area contributed by atoms with Crippen LogP contribution in [0.5, 0.6) is 0 Å². The summed E-state index contributed by atoms with van der Waals surface area (Å²) in [6, 6.07) is 26.0. The number of nitrogens with one attached hydrogen (secondary N) is 5. The Balaban J connectivity index is 1.45. The van der Waals surface area contributed by atoms with Gasteiger partial charge in [0.25, 0.3) is 5.91 Å². The van der Waals surface area contributed by atoms with Crippen LogP contribution in [-0.4, -0.2) is 63.1 Å². The number of carbonyl (C=O) groups is 1. The summed E-state index contributed by atoms with van der Waals surface area (Å²) in [5.41, 5.74) is 5.42. The average Bonchev–Trinajstić information content (AvgIpc) is 3.04. The molecule has 0 fully saturated rings. The minimum Gasteiger partial charge on any atom is -0.377 e. The number of guanidine groups is 1. The number of amidine groups is 2. The second-order valence-corrected chi connectivity index (χ2v) is 9.15. The van der Waals surface area contributed by atoms with Crippen LogP contribution < -0.4 is 38.4 Å². The van der Waals surface area contributed by atoms with E-state index in [1.807, 2.05) is 72.8 Å². The first-order valence-electron chi connectivity index (χ1n) is 14.0. The first-order valence-corrected chi connectivity index (χ1v) is 14.0. The maximum Gasteiger partial charge on any atom is 0.251 e. The summed E-state index contributed by atoms with van der Waals surface area (Å²) in [6.07, 6.45) is 0. The SMILES string of the molecule is C=C(NC(=NC(C)=NCCOCCOCCNC(=O)c1ccccc1)Nc1ccc(/C(=N/N)NN)cc1)Nc1ccccc1. The summed E-state index contributed by atoms with van der Waals surface area (Å²) < 4.78 is 11.1. The van der Waals surface area contributed by atoms with Gasteiger partial charge in [-0.2, -0.15) is 5.10 Å². The van der Waals surface area contributed by atoms with Gasteiger partial charge in [-0.25, -0.2) is 10.8 Å². The van der Waals surface area contributed by atoms with E-state index >= 15 is 0 Å². The molecule has 3 rings (SSSR count). The van der Waals surface area contributed by atoms with Crippen molar-refractivity contribution < 1.29 is 14.3 Å². The number of ether oxygens (including phenoxy) is 2. The summed E-state index contributed by atoms with van der Waals surface area (Å²) in [5, 5.41) is 16.0. The minimum absolute atomic E-state index is 0.124. The second kappa shape index (κ2) is 19.0. The fourth-order valence-electron chi connectivity index (χ4n) is 3.72. The third-order valence-corrected chi connectivity index (χ3v) is 5.82. The van der Waals surface area contributed by atoms with Gasteiger partial charge in [-0.05, 0) is 55.5 Å². The lowest BCUT2D eigenvalue weighted by molar-refractivity contribution is 0.0512. The number of hydrogen-bond donors (Lipinski definition) is 7. The topological polar surface area (TPSA) is 185 Å². The Morgan fingerprint density at radius 1 is 0.818 bits per heavy atom. The Morgan fingerprint density at radius 3 is 2.11 bits per heavy atom. The molecule has 13 nitrogen and oxygen atoms in total. The highest BCUT2D eigenvalue weighted by Crippen LogP contribution is 2.11. The van der Waals surface area contributed by atoms with Crippen LogP contribution in [0.25, 0.3) is 0 Å². The normalized spacial score (nSPS) is 11.9. The van der Waals surface area contributed by atoms with Crippen molar-refractivity contribution in [2.45, 2.75) is 6.92 Å². The first-order chi connectivity index (χ1) is 21.5. The molecule has 0 unspecified atom stereocenters. The van der Waals surface area contributed by atoms with Crippen LogP contribution in [0.3, 0.4) is 0 Å². The van der Waals surface area contributed by atoms with E-state index in [0.29, 0.717) is 68.5 Å². The summed E-state index contributed by atoms with van der Waals surface area (Å²) in [6.45, 7) is 8.32. The van der Waals surface area contributed by atoms with Gasteiger partial charge in [-0.3, -0.25) is 9.79 Å². The van der Waals surface area contributed by atoms with Gasteiger partial charge < -0.3 is 42.0 Å². The molecule has 0 aliphatic carbocycles. The predicted octanol–water partition coefficient (Wildman–Crippen LogP) is 2.59. The third-order valence-electron chi connectivity index (χ3n) is 5.82. The van der Waals surface area contributed by atoms with E-state index in [9.17, 15) is 4.79 Å². The molecule has 9 N–H and O–H groups in total. The monoisotopic (exact) mass is 600 g/mol. The molecule has 3 aromatic carbocycles. The number of anilines is 2.